The van der Waals surface area contributed by atoms with Gasteiger partial charge in [0.05, 0.1) is 16.7 Å². The molecule has 7 heteroatoms. The van der Waals surface area contributed by atoms with Gasteiger partial charge in [-0.25, -0.2) is 0 Å². The van der Waals surface area contributed by atoms with Crippen molar-refractivity contribution in [2.75, 3.05) is 4.90 Å². The number of rotatable bonds is 4. The third kappa shape index (κ3) is 3.40. The molecular weight excluding hydrogens is 419 g/mol. The fourth-order valence-electron chi connectivity index (χ4n) is 5.44. The van der Waals surface area contributed by atoms with Gasteiger partial charge in [0.15, 0.2) is 11.6 Å². The van der Waals surface area contributed by atoms with Crippen molar-refractivity contribution in [2.45, 2.75) is 56.8 Å². The average molecular weight is 441 g/mol. The third-order valence-electron chi connectivity index (χ3n) is 6.93. The van der Waals surface area contributed by atoms with Crippen molar-refractivity contribution in [3.63, 3.8) is 0 Å². The summed E-state index contributed by atoms with van der Waals surface area (Å²) in [5.74, 6) is -1.55. The Morgan fingerprint density at radius 2 is 1.75 bits per heavy atom. The van der Waals surface area contributed by atoms with Crippen molar-refractivity contribution in [3.8, 4) is 5.75 Å². The van der Waals surface area contributed by atoms with Crippen LogP contribution in [0.15, 0.2) is 48.0 Å². The Labute approximate surface area is 183 Å². The van der Waals surface area contributed by atoms with Gasteiger partial charge in [-0.1, -0.05) is 24.3 Å². The van der Waals surface area contributed by atoms with E-state index in [9.17, 15) is 27.9 Å². The van der Waals surface area contributed by atoms with Gasteiger partial charge in [-0.15, -0.1) is 0 Å². The molecular formula is C25H22F3NO3. The molecule has 32 heavy (non-hydrogen) atoms. The second-order valence-corrected chi connectivity index (χ2v) is 8.77. The lowest BCUT2D eigenvalue weighted by Gasteiger charge is -2.26. The summed E-state index contributed by atoms with van der Waals surface area (Å²) in [6.07, 6.45) is 0.555. The summed E-state index contributed by atoms with van der Waals surface area (Å²) in [5.41, 5.74) is 0.0387. The van der Waals surface area contributed by atoms with E-state index in [1.165, 1.54) is 18.2 Å². The van der Waals surface area contributed by atoms with Crippen LogP contribution in [0.1, 0.15) is 52.7 Å². The Kier molecular flexibility index (Phi) is 4.87. The molecule has 0 spiro atoms. The number of phenols is 1. The zero-order chi connectivity index (χ0) is 22.6. The first-order valence-corrected chi connectivity index (χ1v) is 10.8. The van der Waals surface area contributed by atoms with Gasteiger partial charge in [-0.2, -0.15) is 13.2 Å². The van der Waals surface area contributed by atoms with Crippen LogP contribution in [-0.2, 0) is 23.8 Å². The van der Waals surface area contributed by atoms with E-state index in [1.807, 2.05) is 0 Å². The number of aromatic hydroxyl groups is 1. The maximum absolute atomic E-state index is 13.9. The Hall–Kier alpha value is -3.09. The molecule has 2 saturated heterocycles. The second kappa shape index (κ2) is 7.50. The first-order valence-electron chi connectivity index (χ1n) is 10.8. The van der Waals surface area contributed by atoms with Crippen LogP contribution < -0.4 is 4.90 Å². The lowest BCUT2D eigenvalue weighted by molar-refractivity contribution is -0.138. The molecule has 166 valence electrons. The van der Waals surface area contributed by atoms with E-state index in [0.717, 1.165) is 31.7 Å². The molecule has 3 aliphatic rings. The number of hydrogen-bond acceptors (Lipinski definition) is 4. The van der Waals surface area contributed by atoms with Gasteiger partial charge in [-0.3, -0.25) is 9.59 Å². The topological polar surface area (TPSA) is 57.6 Å². The summed E-state index contributed by atoms with van der Waals surface area (Å²) < 4.78 is 41.7. The molecule has 2 fully saturated rings. The summed E-state index contributed by atoms with van der Waals surface area (Å²) in [6, 6.07) is 9.38. The van der Waals surface area contributed by atoms with Crippen LogP contribution in [0, 0.1) is 0 Å². The molecule has 0 radical (unpaired) electrons. The standard InChI is InChI=1S/C25H22F3NO3/c26-25(27,28)20-13-18(29-16-7-8-17(29)10-9-16)6-4-15(20)12-22(31)19-11-5-14-2-1-3-21(30)23(14)24(19)32/h1-4,6,11,13,16-17,30H,5,7-10,12H2. The van der Waals surface area contributed by atoms with E-state index in [4.69, 9.17) is 0 Å². The number of anilines is 1. The summed E-state index contributed by atoms with van der Waals surface area (Å²) in [4.78, 5) is 27.8. The smallest absolute Gasteiger partial charge is 0.416 e. The lowest BCUT2D eigenvalue weighted by Crippen LogP contribution is -2.28. The zero-order valence-corrected chi connectivity index (χ0v) is 17.3. The van der Waals surface area contributed by atoms with E-state index >= 15 is 0 Å². The van der Waals surface area contributed by atoms with E-state index < -0.39 is 29.7 Å². The molecule has 0 unspecified atom stereocenters. The highest BCUT2D eigenvalue weighted by Gasteiger charge is 2.41. The molecule has 0 atom stereocenters. The number of benzene rings is 2. The molecule has 2 aliphatic heterocycles. The molecule has 2 aromatic rings. The normalized spacial score (nSPS) is 22.2. The fourth-order valence-corrected chi connectivity index (χ4v) is 5.44. The van der Waals surface area contributed by atoms with E-state index in [0.29, 0.717) is 11.3 Å². The minimum Gasteiger partial charge on any atom is -0.507 e. The molecule has 5 rings (SSSR count). The molecule has 2 bridgehead atoms. The molecule has 0 aromatic heterocycles. The van der Waals surface area contributed by atoms with Crippen LogP contribution in [0.4, 0.5) is 18.9 Å². The maximum Gasteiger partial charge on any atom is 0.416 e. The van der Waals surface area contributed by atoms with Gasteiger partial charge in [0, 0.05) is 24.2 Å². The van der Waals surface area contributed by atoms with Crippen molar-refractivity contribution < 1.29 is 27.9 Å². The number of carbonyl (C=O) groups excluding carboxylic acids is 2. The first kappa shape index (κ1) is 20.8. The zero-order valence-electron chi connectivity index (χ0n) is 17.3. The van der Waals surface area contributed by atoms with Crippen molar-refractivity contribution in [1.82, 2.24) is 0 Å². The van der Waals surface area contributed by atoms with Crippen LogP contribution in [0.25, 0.3) is 0 Å². The van der Waals surface area contributed by atoms with Crippen LogP contribution >= 0.6 is 0 Å². The first-order chi connectivity index (χ1) is 15.2. The van der Waals surface area contributed by atoms with Crippen molar-refractivity contribution in [1.29, 1.82) is 0 Å². The van der Waals surface area contributed by atoms with Crippen molar-refractivity contribution in [3.05, 3.63) is 70.3 Å². The minimum absolute atomic E-state index is 0.0502. The van der Waals surface area contributed by atoms with Crippen LogP contribution in [-0.4, -0.2) is 28.8 Å². The molecule has 0 saturated carbocycles. The van der Waals surface area contributed by atoms with Gasteiger partial charge in [-0.05, 0) is 61.4 Å². The SMILES string of the molecule is O=C(Cc1ccc(N2C3CCC2CC3)cc1C(F)(F)F)C1=CCc2cccc(O)c2C1=O. The summed E-state index contributed by atoms with van der Waals surface area (Å²) in [5, 5.41) is 10.0. The summed E-state index contributed by atoms with van der Waals surface area (Å²) >= 11 is 0. The van der Waals surface area contributed by atoms with Gasteiger partial charge >= 0.3 is 6.18 Å². The fraction of sp³-hybridized carbons (Fsp3) is 0.360. The summed E-state index contributed by atoms with van der Waals surface area (Å²) in [6.45, 7) is 0. The largest absolute Gasteiger partial charge is 0.507 e. The number of fused-ring (bicyclic) bond motifs is 3. The predicted octanol–water partition coefficient (Wildman–Crippen LogP) is 5.02. The van der Waals surface area contributed by atoms with E-state index in [1.54, 1.807) is 18.2 Å². The summed E-state index contributed by atoms with van der Waals surface area (Å²) in [7, 11) is 0. The maximum atomic E-state index is 13.9. The Bertz CT molecular complexity index is 1130. The number of carbonyl (C=O) groups is 2. The van der Waals surface area contributed by atoms with Crippen molar-refractivity contribution in [2.24, 2.45) is 0 Å². The molecule has 1 N–H and O–H groups in total. The highest BCUT2D eigenvalue weighted by molar-refractivity contribution is 6.28. The van der Waals surface area contributed by atoms with Gasteiger partial charge < -0.3 is 10.0 Å². The van der Waals surface area contributed by atoms with Crippen LogP contribution in [0.2, 0.25) is 0 Å². The van der Waals surface area contributed by atoms with Crippen LogP contribution in [0.5, 0.6) is 5.75 Å². The van der Waals surface area contributed by atoms with Crippen molar-refractivity contribution >= 4 is 17.3 Å². The number of phenolic OH excluding ortho intramolecular Hbond substituents is 1. The number of hydrogen-bond donors (Lipinski definition) is 1. The quantitative estimate of drug-likeness (QED) is 0.677. The number of alkyl halides is 3. The van der Waals surface area contributed by atoms with E-state index in [-0.39, 0.29) is 41.0 Å². The molecule has 2 aromatic carbocycles. The van der Waals surface area contributed by atoms with E-state index in [2.05, 4.69) is 4.90 Å². The average Bonchev–Trinajstić information content (AvgIpc) is 3.34. The minimum atomic E-state index is -4.61. The van der Waals surface area contributed by atoms with Gasteiger partial charge in [0.2, 0.25) is 0 Å². The number of ketones is 2. The molecule has 1 aliphatic carbocycles. The van der Waals surface area contributed by atoms with Gasteiger partial charge in [0.1, 0.15) is 5.75 Å². The van der Waals surface area contributed by atoms with Crippen LogP contribution in [0.3, 0.4) is 0 Å². The molecule has 4 nitrogen and oxygen atoms in total. The number of Topliss-reactive ketones (excluding diaryl/α,β-unsaturated/α-hetero) is 2. The number of allylic oxidation sites excluding steroid dienone is 2. The highest BCUT2D eigenvalue weighted by Crippen LogP contribution is 2.43. The Morgan fingerprint density at radius 1 is 1.06 bits per heavy atom. The van der Waals surface area contributed by atoms with Gasteiger partial charge in [0.25, 0.3) is 0 Å². The predicted molar refractivity (Wildman–Crippen MR) is 113 cm³/mol. The number of nitrogens with zero attached hydrogens (tertiary/aromatic N) is 1. The lowest BCUT2D eigenvalue weighted by atomic mass is 9.86. The Balaban J connectivity index is 1.44. The highest BCUT2D eigenvalue weighted by atomic mass is 19.4. The molecule has 2 heterocycles. The molecule has 0 amide bonds. The third-order valence-corrected chi connectivity index (χ3v) is 6.93. The number of halogens is 3. The Morgan fingerprint density at radius 3 is 2.41 bits per heavy atom. The monoisotopic (exact) mass is 441 g/mol. The second-order valence-electron chi connectivity index (χ2n) is 8.77.